The Bertz CT molecular complexity index is 340. The van der Waals surface area contributed by atoms with Crippen molar-refractivity contribution < 1.29 is 4.84 Å². The molecule has 0 bridgehead atoms. The zero-order valence-corrected chi connectivity index (χ0v) is 9.15. The molecule has 0 atom stereocenters. The van der Waals surface area contributed by atoms with Crippen LogP contribution in [0.5, 0.6) is 0 Å². The first-order valence-electron chi connectivity index (χ1n) is 5.60. The van der Waals surface area contributed by atoms with Crippen LogP contribution in [0.15, 0.2) is 29.4 Å². The third-order valence-electron chi connectivity index (χ3n) is 2.76. The maximum absolute atomic E-state index is 5.42. The fourth-order valence-corrected chi connectivity index (χ4v) is 1.92. The van der Waals surface area contributed by atoms with Gasteiger partial charge in [0, 0.05) is 0 Å². The summed E-state index contributed by atoms with van der Waals surface area (Å²) in [7, 11) is 0. The second kappa shape index (κ2) is 4.96. The highest BCUT2D eigenvalue weighted by atomic mass is 16.6. The lowest BCUT2D eigenvalue weighted by molar-refractivity contribution is 0.0657. The predicted octanol–water partition coefficient (Wildman–Crippen LogP) is 3.29. The molecule has 80 valence electrons. The van der Waals surface area contributed by atoms with Gasteiger partial charge in [0.05, 0.1) is 6.21 Å². The van der Waals surface area contributed by atoms with Gasteiger partial charge in [-0.15, -0.1) is 0 Å². The minimum atomic E-state index is 0.353. The van der Waals surface area contributed by atoms with Crippen LogP contribution in [-0.4, -0.2) is 12.3 Å². The summed E-state index contributed by atoms with van der Waals surface area (Å²) in [6.07, 6.45) is 7.03. The third kappa shape index (κ3) is 3.08. The van der Waals surface area contributed by atoms with Crippen LogP contribution in [0.2, 0.25) is 0 Å². The van der Waals surface area contributed by atoms with Gasteiger partial charge in [0.2, 0.25) is 0 Å². The lowest BCUT2D eigenvalue weighted by atomic mass is 10.2. The molecule has 0 heterocycles. The van der Waals surface area contributed by atoms with Crippen LogP contribution >= 0.6 is 0 Å². The van der Waals surface area contributed by atoms with E-state index in [-0.39, 0.29) is 0 Å². The second-order valence-corrected chi connectivity index (χ2v) is 4.16. The van der Waals surface area contributed by atoms with E-state index in [0.29, 0.717) is 6.10 Å². The minimum absolute atomic E-state index is 0.353. The van der Waals surface area contributed by atoms with Crippen LogP contribution in [0, 0.1) is 6.92 Å². The SMILES string of the molecule is Cc1cccc(C=NOC2CCCC2)c1. The predicted molar refractivity (Wildman–Crippen MR) is 62.1 cm³/mol. The van der Waals surface area contributed by atoms with E-state index in [2.05, 4.69) is 24.2 Å². The molecule has 1 aromatic rings. The number of aryl methyl sites for hydroxylation is 1. The number of oxime groups is 1. The molecule has 0 saturated heterocycles. The van der Waals surface area contributed by atoms with Crippen LogP contribution in [0.25, 0.3) is 0 Å². The van der Waals surface area contributed by atoms with Gasteiger partial charge in [-0.05, 0) is 38.2 Å². The highest BCUT2D eigenvalue weighted by Crippen LogP contribution is 2.20. The van der Waals surface area contributed by atoms with Crippen molar-refractivity contribution in [3.8, 4) is 0 Å². The van der Waals surface area contributed by atoms with E-state index in [1.54, 1.807) is 6.21 Å². The van der Waals surface area contributed by atoms with E-state index in [4.69, 9.17) is 4.84 Å². The van der Waals surface area contributed by atoms with Crippen LogP contribution in [0.4, 0.5) is 0 Å². The van der Waals surface area contributed by atoms with Crippen molar-refractivity contribution in [3.63, 3.8) is 0 Å². The lowest BCUT2D eigenvalue weighted by Crippen LogP contribution is -2.02. The molecule has 2 rings (SSSR count). The summed E-state index contributed by atoms with van der Waals surface area (Å²) in [4.78, 5) is 5.42. The van der Waals surface area contributed by atoms with Crippen LogP contribution in [0.3, 0.4) is 0 Å². The highest BCUT2D eigenvalue weighted by molar-refractivity contribution is 5.79. The average molecular weight is 203 g/mol. The lowest BCUT2D eigenvalue weighted by Gasteiger charge is -2.05. The molecular weight excluding hydrogens is 186 g/mol. The molecule has 0 aromatic heterocycles. The van der Waals surface area contributed by atoms with E-state index in [9.17, 15) is 0 Å². The molecule has 1 fully saturated rings. The topological polar surface area (TPSA) is 21.6 Å². The molecule has 0 amide bonds. The number of nitrogens with zero attached hydrogens (tertiary/aromatic N) is 1. The molecule has 1 aliphatic carbocycles. The van der Waals surface area contributed by atoms with Crippen LogP contribution in [-0.2, 0) is 4.84 Å². The summed E-state index contributed by atoms with van der Waals surface area (Å²) >= 11 is 0. The summed E-state index contributed by atoms with van der Waals surface area (Å²) in [6.45, 7) is 2.08. The quantitative estimate of drug-likeness (QED) is 0.545. The first-order chi connectivity index (χ1) is 7.34. The minimum Gasteiger partial charge on any atom is -0.393 e. The molecule has 0 spiro atoms. The molecule has 1 saturated carbocycles. The second-order valence-electron chi connectivity index (χ2n) is 4.16. The number of hydrogen-bond donors (Lipinski definition) is 0. The fourth-order valence-electron chi connectivity index (χ4n) is 1.92. The first kappa shape index (κ1) is 10.2. The van der Waals surface area contributed by atoms with Crippen molar-refractivity contribution in [2.75, 3.05) is 0 Å². The van der Waals surface area contributed by atoms with Gasteiger partial charge in [-0.25, -0.2) is 0 Å². The van der Waals surface area contributed by atoms with Crippen molar-refractivity contribution >= 4 is 6.21 Å². The molecule has 2 nitrogen and oxygen atoms in total. The van der Waals surface area contributed by atoms with E-state index in [0.717, 1.165) is 18.4 Å². The molecule has 1 aromatic carbocycles. The molecule has 0 radical (unpaired) electrons. The van der Waals surface area contributed by atoms with Crippen molar-refractivity contribution in [1.29, 1.82) is 0 Å². The van der Waals surface area contributed by atoms with E-state index >= 15 is 0 Å². The van der Waals surface area contributed by atoms with Gasteiger partial charge in [0.1, 0.15) is 6.10 Å². The van der Waals surface area contributed by atoms with Gasteiger partial charge in [-0.3, -0.25) is 0 Å². The van der Waals surface area contributed by atoms with E-state index in [1.807, 2.05) is 12.1 Å². The highest BCUT2D eigenvalue weighted by Gasteiger charge is 2.15. The van der Waals surface area contributed by atoms with E-state index in [1.165, 1.54) is 18.4 Å². The number of benzene rings is 1. The summed E-state index contributed by atoms with van der Waals surface area (Å²) in [6, 6.07) is 8.25. The summed E-state index contributed by atoms with van der Waals surface area (Å²) in [5.74, 6) is 0. The maximum Gasteiger partial charge on any atom is 0.127 e. The van der Waals surface area contributed by atoms with E-state index < -0.39 is 0 Å². The molecule has 0 N–H and O–H groups in total. The number of hydrogen-bond acceptors (Lipinski definition) is 2. The Hall–Kier alpha value is -1.31. The van der Waals surface area contributed by atoms with Crippen molar-refractivity contribution in [2.24, 2.45) is 5.16 Å². The summed E-state index contributed by atoms with van der Waals surface area (Å²) in [5.41, 5.74) is 2.35. The maximum atomic E-state index is 5.42. The van der Waals surface area contributed by atoms with Crippen molar-refractivity contribution in [1.82, 2.24) is 0 Å². The molecule has 15 heavy (non-hydrogen) atoms. The first-order valence-corrected chi connectivity index (χ1v) is 5.60. The number of rotatable bonds is 3. The molecule has 0 unspecified atom stereocenters. The van der Waals surface area contributed by atoms with Crippen molar-refractivity contribution in [3.05, 3.63) is 35.4 Å². The van der Waals surface area contributed by atoms with Crippen molar-refractivity contribution in [2.45, 2.75) is 38.7 Å². The van der Waals surface area contributed by atoms with Gasteiger partial charge in [-0.1, -0.05) is 35.0 Å². The van der Waals surface area contributed by atoms with Crippen LogP contribution in [0.1, 0.15) is 36.8 Å². The monoisotopic (exact) mass is 203 g/mol. The zero-order valence-electron chi connectivity index (χ0n) is 9.15. The van der Waals surface area contributed by atoms with Crippen LogP contribution < -0.4 is 0 Å². The zero-order chi connectivity index (χ0) is 10.5. The molecule has 2 heteroatoms. The molecule has 0 aliphatic heterocycles. The molecule has 1 aliphatic rings. The summed E-state index contributed by atoms with van der Waals surface area (Å²) < 4.78 is 0. The summed E-state index contributed by atoms with van der Waals surface area (Å²) in [5, 5.41) is 4.04. The Morgan fingerprint density at radius 3 is 2.87 bits per heavy atom. The average Bonchev–Trinajstić information content (AvgIpc) is 2.71. The van der Waals surface area contributed by atoms with Gasteiger partial charge in [-0.2, -0.15) is 0 Å². The Kier molecular flexibility index (Phi) is 3.38. The van der Waals surface area contributed by atoms with Gasteiger partial charge in [0.15, 0.2) is 0 Å². The normalized spacial score (nSPS) is 17.4. The van der Waals surface area contributed by atoms with Gasteiger partial charge >= 0.3 is 0 Å². The smallest absolute Gasteiger partial charge is 0.127 e. The Morgan fingerprint density at radius 2 is 2.13 bits per heavy atom. The largest absolute Gasteiger partial charge is 0.393 e. The standard InChI is InChI=1S/C13H17NO/c1-11-5-4-6-12(9-11)10-14-15-13-7-2-3-8-13/h4-6,9-10,13H,2-3,7-8H2,1H3. The third-order valence-corrected chi connectivity index (χ3v) is 2.76. The fraction of sp³-hybridized carbons (Fsp3) is 0.462. The molecular formula is C13H17NO. The Labute approximate surface area is 90.9 Å². The van der Waals surface area contributed by atoms with Gasteiger partial charge in [0.25, 0.3) is 0 Å². The van der Waals surface area contributed by atoms with Gasteiger partial charge < -0.3 is 4.84 Å². The Balaban J connectivity index is 1.87. The Morgan fingerprint density at radius 1 is 1.33 bits per heavy atom.